The molecule has 2 fully saturated rings. The maximum atomic E-state index is 14.0. The minimum atomic E-state index is -2.93. The van der Waals surface area contributed by atoms with Crippen molar-refractivity contribution in [3.8, 4) is 0 Å². The summed E-state index contributed by atoms with van der Waals surface area (Å²) in [6, 6.07) is 5.87. The molecular weight excluding hydrogens is 380 g/mol. The second-order valence-corrected chi connectivity index (χ2v) is 7.35. The summed E-state index contributed by atoms with van der Waals surface area (Å²) in [5.74, 6) is -3.56. The lowest BCUT2D eigenvalue weighted by Gasteiger charge is -2.45. The fraction of sp³-hybridized carbons (Fsp3) is 0.556. The van der Waals surface area contributed by atoms with Gasteiger partial charge in [0.15, 0.2) is 0 Å². The molecule has 0 aromatic heterocycles. The fourth-order valence-electron chi connectivity index (χ4n) is 3.49. The fourth-order valence-corrected chi connectivity index (χ4v) is 3.70. The summed E-state index contributed by atoms with van der Waals surface area (Å²) in [7, 11) is 1.43. The highest BCUT2D eigenvalue weighted by Gasteiger charge is 2.52. The molecule has 2 saturated heterocycles. The third-order valence-electron chi connectivity index (χ3n) is 4.97. The predicted octanol–water partition coefficient (Wildman–Crippen LogP) is 1.52. The maximum Gasteiger partial charge on any atom is 0.262 e. The van der Waals surface area contributed by atoms with Gasteiger partial charge in [-0.3, -0.25) is 14.5 Å². The van der Waals surface area contributed by atoms with Gasteiger partial charge in [-0.2, -0.15) is 0 Å². The molecule has 6 nitrogen and oxygen atoms in total. The summed E-state index contributed by atoms with van der Waals surface area (Å²) in [6.45, 7) is 0.315. The number of ether oxygens (including phenoxy) is 1. The van der Waals surface area contributed by atoms with Crippen LogP contribution in [0.3, 0.4) is 0 Å². The molecule has 1 N–H and O–H groups in total. The van der Waals surface area contributed by atoms with E-state index in [0.29, 0.717) is 18.1 Å². The number of halogens is 3. The summed E-state index contributed by atoms with van der Waals surface area (Å²) < 4.78 is 32.8. The van der Waals surface area contributed by atoms with Gasteiger partial charge in [0, 0.05) is 44.2 Å². The lowest BCUT2D eigenvalue weighted by Crippen LogP contribution is -2.64. The van der Waals surface area contributed by atoms with Crippen molar-refractivity contribution in [1.29, 1.82) is 0 Å². The van der Waals surface area contributed by atoms with Crippen LogP contribution in [0, 0.1) is 0 Å². The van der Waals surface area contributed by atoms with Crippen molar-refractivity contribution in [3.63, 3.8) is 0 Å². The van der Waals surface area contributed by atoms with Gasteiger partial charge in [0.1, 0.15) is 6.61 Å². The molecule has 0 saturated carbocycles. The van der Waals surface area contributed by atoms with Crippen molar-refractivity contribution in [2.24, 2.45) is 0 Å². The van der Waals surface area contributed by atoms with Crippen molar-refractivity contribution >= 4 is 23.4 Å². The molecule has 1 atom stereocenters. The molecule has 2 heterocycles. The number of nitrogens with zero attached hydrogens (tertiary/aromatic N) is 2. The van der Waals surface area contributed by atoms with Crippen LogP contribution in [0.4, 0.5) is 8.78 Å². The molecule has 0 aliphatic carbocycles. The Balaban J connectivity index is 1.60. The van der Waals surface area contributed by atoms with Crippen LogP contribution in [0.15, 0.2) is 24.3 Å². The van der Waals surface area contributed by atoms with Crippen molar-refractivity contribution in [3.05, 3.63) is 34.9 Å². The molecule has 1 aromatic carbocycles. The first-order valence-electron chi connectivity index (χ1n) is 8.72. The zero-order valence-corrected chi connectivity index (χ0v) is 15.7. The summed E-state index contributed by atoms with van der Waals surface area (Å²) >= 11 is 6.07. The normalized spacial score (nSPS) is 22.5. The van der Waals surface area contributed by atoms with Crippen LogP contribution in [-0.4, -0.2) is 73.0 Å². The van der Waals surface area contributed by atoms with Crippen LogP contribution in [0.1, 0.15) is 12.0 Å². The Morgan fingerprint density at radius 3 is 2.70 bits per heavy atom. The monoisotopic (exact) mass is 401 g/mol. The number of rotatable bonds is 6. The Kier molecular flexibility index (Phi) is 5.98. The highest BCUT2D eigenvalue weighted by Crippen LogP contribution is 2.35. The largest absolute Gasteiger partial charge is 0.375 e. The Labute approximate surface area is 161 Å². The van der Waals surface area contributed by atoms with E-state index in [2.05, 4.69) is 5.32 Å². The van der Waals surface area contributed by atoms with E-state index in [0.717, 1.165) is 5.56 Å². The van der Waals surface area contributed by atoms with Gasteiger partial charge >= 0.3 is 0 Å². The van der Waals surface area contributed by atoms with Crippen LogP contribution in [-0.2, 0) is 20.9 Å². The molecule has 2 aliphatic heterocycles. The Hall–Kier alpha value is -1.77. The average Bonchev–Trinajstić information content (AvgIpc) is 2.88. The average molecular weight is 402 g/mol. The molecule has 2 amide bonds. The molecule has 0 radical (unpaired) electrons. The van der Waals surface area contributed by atoms with Crippen LogP contribution in [0.5, 0.6) is 0 Å². The number of hydrogen-bond acceptors (Lipinski definition) is 4. The first-order chi connectivity index (χ1) is 12.8. The first-order valence-corrected chi connectivity index (χ1v) is 9.10. The van der Waals surface area contributed by atoms with Gasteiger partial charge in [-0.15, -0.1) is 0 Å². The van der Waals surface area contributed by atoms with Gasteiger partial charge in [-0.1, -0.05) is 29.8 Å². The number of hydrogen-bond donors (Lipinski definition) is 1. The van der Waals surface area contributed by atoms with Crippen LogP contribution in [0.2, 0.25) is 5.02 Å². The Bertz CT molecular complexity index is 713. The Morgan fingerprint density at radius 2 is 2.04 bits per heavy atom. The van der Waals surface area contributed by atoms with Crippen LogP contribution >= 0.6 is 11.6 Å². The number of methoxy groups -OCH3 is 1. The summed E-state index contributed by atoms with van der Waals surface area (Å²) in [6.07, 6.45) is -0.524. The minimum Gasteiger partial charge on any atom is -0.375 e. The number of likely N-dealkylation sites (tertiary alicyclic amines) is 2. The number of amides is 2. The lowest BCUT2D eigenvalue weighted by molar-refractivity contribution is -0.144. The first kappa shape index (κ1) is 20.0. The van der Waals surface area contributed by atoms with E-state index in [4.69, 9.17) is 16.3 Å². The number of nitrogens with one attached hydrogen (secondary N) is 1. The lowest BCUT2D eigenvalue weighted by atomic mass is 10.1. The molecule has 2 aliphatic rings. The zero-order valence-electron chi connectivity index (χ0n) is 15.0. The highest BCUT2D eigenvalue weighted by atomic mass is 35.5. The number of carbonyl (C=O) groups is 2. The van der Waals surface area contributed by atoms with Gasteiger partial charge in [-0.25, -0.2) is 8.78 Å². The van der Waals surface area contributed by atoms with Gasteiger partial charge in [0.2, 0.25) is 11.8 Å². The predicted molar refractivity (Wildman–Crippen MR) is 95.6 cm³/mol. The molecule has 148 valence electrons. The van der Waals surface area contributed by atoms with E-state index in [1.165, 1.54) is 12.0 Å². The number of benzene rings is 1. The topological polar surface area (TPSA) is 61.9 Å². The highest BCUT2D eigenvalue weighted by molar-refractivity contribution is 6.31. The van der Waals surface area contributed by atoms with E-state index < -0.39 is 30.8 Å². The van der Waals surface area contributed by atoms with Gasteiger partial charge in [0.05, 0.1) is 12.6 Å². The summed E-state index contributed by atoms with van der Waals surface area (Å²) in [5.41, 5.74) is 0.726. The van der Waals surface area contributed by atoms with E-state index in [9.17, 15) is 18.4 Å². The van der Waals surface area contributed by atoms with Crippen molar-refractivity contribution in [2.75, 3.05) is 33.4 Å². The van der Waals surface area contributed by atoms with Crippen LogP contribution in [0.25, 0.3) is 0 Å². The smallest absolute Gasteiger partial charge is 0.262 e. The van der Waals surface area contributed by atoms with Gasteiger partial charge in [-0.05, 0) is 11.6 Å². The molecule has 0 bridgehead atoms. The van der Waals surface area contributed by atoms with E-state index >= 15 is 0 Å². The minimum absolute atomic E-state index is 0.0371. The third kappa shape index (κ3) is 4.56. The molecular formula is C18H22ClF2N3O3. The van der Waals surface area contributed by atoms with Crippen molar-refractivity contribution in [1.82, 2.24) is 15.1 Å². The number of carbonyl (C=O) groups excluding carboxylic acids is 2. The van der Waals surface area contributed by atoms with Gasteiger partial charge < -0.3 is 15.0 Å². The summed E-state index contributed by atoms with van der Waals surface area (Å²) in [4.78, 5) is 27.4. The quantitative estimate of drug-likeness (QED) is 0.785. The number of alkyl halides is 2. The molecule has 9 heteroatoms. The second-order valence-electron chi connectivity index (χ2n) is 6.94. The standard InChI is InChI=1S/C18H22ClF2N3O3/c1-27-10-16(25)23-8-13(9-23)24-11-18(20,21)6-15(24)17(26)22-7-12-4-2-3-5-14(12)19/h2-5,13,15H,6-11H2,1H3,(H,22,26)/t15-/m0/s1. The maximum absolute atomic E-state index is 14.0. The SMILES string of the molecule is COCC(=O)N1CC(N2CC(F)(F)C[C@H]2C(=O)NCc2ccccc2Cl)C1. The van der Waals surface area contributed by atoms with E-state index in [-0.39, 0.29) is 25.1 Å². The van der Waals surface area contributed by atoms with Crippen LogP contribution < -0.4 is 5.32 Å². The summed E-state index contributed by atoms with van der Waals surface area (Å²) in [5, 5.41) is 3.22. The molecule has 0 unspecified atom stereocenters. The molecule has 1 aromatic rings. The van der Waals surface area contributed by atoms with Gasteiger partial charge in [0.25, 0.3) is 5.92 Å². The Morgan fingerprint density at radius 1 is 1.33 bits per heavy atom. The van der Waals surface area contributed by atoms with E-state index in [1.807, 2.05) is 0 Å². The third-order valence-corrected chi connectivity index (χ3v) is 5.34. The second kappa shape index (κ2) is 8.08. The van der Waals surface area contributed by atoms with Crippen molar-refractivity contribution < 1.29 is 23.1 Å². The molecule has 0 spiro atoms. The molecule has 3 rings (SSSR count). The van der Waals surface area contributed by atoms with Crippen molar-refractivity contribution in [2.45, 2.75) is 31.0 Å². The molecule has 27 heavy (non-hydrogen) atoms. The van der Waals surface area contributed by atoms with E-state index in [1.54, 1.807) is 29.2 Å². The zero-order chi connectivity index (χ0) is 19.6.